The van der Waals surface area contributed by atoms with Crippen molar-refractivity contribution < 1.29 is 0 Å². The Labute approximate surface area is 43.0 Å². The van der Waals surface area contributed by atoms with Crippen LogP contribution in [-0.4, -0.2) is 0 Å². The van der Waals surface area contributed by atoms with Crippen LogP contribution in [0.3, 0.4) is 0 Å². The van der Waals surface area contributed by atoms with Gasteiger partial charge < -0.3 is 0 Å². The van der Waals surface area contributed by atoms with Crippen LogP contribution in [-0.2, 0) is 0 Å². The predicted octanol–water partition coefficient (Wildman–Crippen LogP) is 2.17. The van der Waals surface area contributed by atoms with Gasteiger partial charge in [0.2, 0.25) is 0 Å². The number of hydrogen-bond acceptors (Lipinski definition) is 3. The van der Waals surface area contributed by atoms with Crippen molar-refractivity contribution in [2.75, 3.05) is 0 Å². The fourth-order valence-corrected chi connectivity index (χ4v) is 0.147. The maximum Gasteiger partial charge on any atom is 0.0296 e. The second kappa shape index (κ2) is 4.97. The molecule has 0 unspecified atom stereocenters. The Kier molecular flexibility index (Phi) is 4.24. The molecule has 7 heteroatoms. The van der Waals surface area contributed by atoms with E-state index < -0.39 is 0 Å². The van der Waals surface area contributed by atoms with E-state index in [-0.39, 0.29) is 0 Å². The van der Waals surface area contributed by atoms with Gasteiger partial charge in [0.25, 0.3) is 0 Å². The second-order valence-electron chi connectivity index (χ2n) is 0.424. The predicted molar refractivity (Wildman–Crippen MR) is 25.9 cm³/mol. The van der Waals surface area contributed by atoms with Gasteiger partial charge in [0.1, 0.15) is 0 Å². The van der Waals surface area contributed by atoms with Crippen molar-refractivity contribution in [3.05, 3.63) is 20.9 Å². The minimum absolute atomic E-state index is 0.470. The quantitative estimate of drug-likeness (QED) is 0.235. The Balaban J connectivity index is 3.33. The minimum atomic E-state index is 0.470. The second-order valence-corrected chi connectivity index (χ2v) is 0.914. The molecule has 0 N–H and O–H groups in total. The SMILES string of the molecule is [N-]=[N+]=NSN=[N+]=[N-]. The lowest BCUT2D eigenvalue weighted by Crippen LogP contribution is -1.27. The molecule has 0 radical (unpaired) electrons. The van der Waals surface area contributed by atoms with Crippen LogP contribution in [0.15, 0.2) is 9.04 Å². The van der Waals surface area contributed by atoms with E-state index in [1.807, 2.05) is 0 Å². The number of hydrogen-bond donors (Lipinski definition) is 0. The van der Waals surface area contributed by atoms with Crippen LogP contribution in [0.2, 0.25) is 0 Å². The average molecular weight is 116 g/mol. The first kappa shape index (κ1) is 5.97. The maximum atomic E-state index is 7.55. The Hall–Kier alpha value is -1.03. The van der Waals surface area contributed by atoms with Crippen molar-refractivity contribution in [2.24, 2.45) is 9.04 Å². The monoisotopic (exact) mass is 116 g/mol. The van der Waals surface area contributed by atoms with E-state index in [0.29, 0.717) is 12.1 Å². The summed E-state index contributed by atoms with van der Waals surface area (Å²) in [7, 11) is 0. The molecule has 0 spiro atoms. The summed E-state index contributed by atoms with van der Waals surface area (Å²) in [6.45, 7) is 0. The van der Waals surface area contributed by atoms with Crippen molar-refractivity contribution >= 4 is 12.1 Å². The first-order valence-corrected chi connectivity index (χ1v) is 1.90. The standard InChI is InChI=1S/N6S/c1-3-5-7-6-4-2. The fourth-order valence-electron chi connectivity index (χ4n) is 0.0490. The smallest absolute Gasteiger partial charge is 0.0232 e. The van der Waals surface area contributed by atoms with Crippen molar-refractivity contribution in [2.45, 2.75) is 0 Å². The van der Waals surface area contributed by atoms with Crippen LogP contribution >= 0.6 is 12.1 Å². The van der Waals surface area contributed by atoms with E-state index >= 15 is 0 Å². The highest BCUT2D eigenvalue weighted by atomic mass is 32.2. The molecule has 0 amide bonds. The first-order valence-electron chi connectivity index (χ1n) is 1.17. The highest BCUT2D eigenvalue weighted by Crippen LogP contribution is 2.01. The third kappa shape index (κ3) is 4.97. The Morgan fingerprint density at radius 3 is 1.86 bits per heavy atom. The molecule has 0 fully saturated rings. The molecule has 36 valence electrons. The van der Waals surface area contributed by atoms with Gasteiger partial charge in [-0.25, -0.2) is 0 Å². The molecule has 0 saturated heterocycles. The van der Waals surface area contributed by atoms with Gasteiger partial charge in [-0.3, -0.25) is 0 Å². The fraction of sp³-hybridized carbons (Fsp3) is 0. The lowest BCUT2D eigenvalue weighted by Gasteiger charge is -1.62. The van der Waals surface area contributed by atoms with E-state index in [4.69, 9.17) is 11.1 Å². The molecule has 0 bridgehead atoms. The molecule has 0 aliphatic rings. The summed E-state index contributed by atoms with van der Waals surface area (Å²) in [6, 6.07) is 0. The van der Waals surface area contributed by atoms with E-state index in [1.54, 1.807) is 0 Å². The summed E-state index contributed by atoms with van der Waals surface area (Å²) in [5, 5.41) is 0. The van der Waals surface area contributed by atoms with Crippen LogP contribution in [0.5, 0.6) is 0 Å². The molecule has 0 aromatic carbocycles. The lowest BCUT2D eigenvalue weighted by atomic mass is 13.0. The molecule has 0 aromatic heterocycles. The lowest BCUT2D eigenvalue weighted by molar-refractivity contribution is 1.72. The highest BCUT2D eigenvalue weighted by molar-refractivity contribution is 7.96. The Morgan fingerprint density at radius 2 is 1.57 bits per heavy atom. The van der Waals surface area contributed by atoms with Crippen molar-refractivity contribution in [3.8, 4) is 0 Å². The largest absolute Gasteiger partial charge is 0.0296 e. The summed E-state index contributed by atoms with van der Waals surface area (Å²) >= 11 is 0.470. The van der Waals surface area contributed by atoms with Gasteiger partial charge >= 0.3 is 0 Å². The summed E-state index contributed by atoms with van der Waals surface area (Å²) in [5.41, 5.74) is 15.1. The molecule has 0 aliphatic carbocycles. The molecule has 0 saturated carbocycles. The topological polar surface area (TPSA) is 97.5 Å². The van der Waals surface area contributed by atoms with Crippen LogP contribution in [0.4, 0.5) is 0 Å². The number of rotatable bonds is 2. The normalized spacial score (nSPS) is 5.71. The van der Waals surface area contributed by atoms with E-state index in [1.165, 1.54) is 0 Å². The van der Waals surface area contributed by atoms with Gasteiger partial charge in [0.15, 0.2) is 0 Å². The number of nitrogens with zero attached hydrogens (tertiary/aromatic N) is 6. The molecule has 7 heavy (non-hydrogen) atoms. The van der Waals surface area contributed by atoms with Gasteiger partial charge in [-0.1, -0.05) is 0 Å². The molecular weight excluding hydrogens is 116 g/mol. The zero-order chi connectivity index (χ0) is 5.54. The Bertz CT molecular complexity index is 107. The summed E-state index contributed by atoms with van der Waals surface area (Å²) < 4.78 is 5.68. The number of azide groups is 1. The van der Waals surface area contributed by atoms with Crippen LogP contribution in [0, 0.1) is 0 Å². The highest BCUT2D eigenvalue weighted by Gasteiger charge is 1.62. The molecule has 0 aliphatic heterocycles. The first-order chi connectivity index (χ1) is 3.41. The van der Waals surface area contributed by atoms with Crippen LogP contribution in [0.25, 0.3) is 20.9 Å². The zero-order valence-electron chi connectivity index (χ0n) is 3.09. The summed E-state index contributed by atoms with van der Waals surface area (Å²) in [6.07, 6.45) is 0. The van der Waals surface area contributed by atoms with E-state index in [2.05, 4.69) is 18.9 Å². The van der Waals surface area contributed by atoms with Crippen LogP contribution in [0.1, 0.15) is 0 Å². The molecule has 0 rings (SSSR count). The van der Waals surface area contributed by atoms with Gasteiger partial charge in [0, 0.05) is 22.0 Å². The molecule has 0 heterocycles. The molecular formula is N6S. The van der Waals surface area contributed by atoms with Crippen molar-refractivity contribution in [3.63, 3.8) is 0 Å². The van der Waals surface area contributed by atoms with Gasteiger partial charge in [-0.05, 0) is 20.1 Å². The third-order valence-corrected chi connectivity index (χ3v) is 0.438. The molecule has 0 atom stereocenters. The van der Waals surface area contributed by atoms with Gasteiger partial charge in [-0.2, -0.15) is 0 Å². The van der Waals surface area contributed by atoms with Crippen molar-refractivity contribution in [1.29, 1.82) is 0 Å². The van der Waals surface area contributed by atoms with Crippen LogP contribution < -0.4 is 0 Å². The van der Waals surface area contributed by atoms with Gasteiger partial charge in [-0.15, -0.1) is 0 Å². The Morgan fingerprint density at radius 1 is 1.14 bits per heavy atom. The van der Waals surface area contributed by atoms with E-state index in [9.17, 15) is 0 Å². The zero-order valence-corrected chi connectivity index (χ0v) is 3.91. The van der Waals surface area contributed by atoms with Gasteiger partial charge in [0.05, 0.1) is 0 Å². The summed E-state index contributed by atoms with van der Waals surface area (Å²) in [4.78, 5) is 4.59. The van der Waals surface area contributed by atoms with Crippen molar-refractivity contribution in [1.82, 2.24) is 0 Å². The van der Waals surface area contributed by atoms with E-state index in [0.717, 1.165) is 0 Å². The molecule has 6 nitrogen and oxygen atoms in total. The minimum Gasteiger partial charge on any atom is -0.0232 e. The third-order valence-electron chi connectivity index (χ3n) is 0.146. The average Bonchev–Trinajstić information content (AvgIpc) is 1.69. The molecule has 0 aromatic rings. The summed E-state index contributed by atoms with van der Waals surface area (Å²) in [5.74, 6) is 0. The maximum absolute atomic E-state index is 7.55.